The molecule has 1 aromatic heterocycles. The van der Waals surface area contributed by atoms with Crippen LogP contribution in [0, 0.1) is 5.82 Å². The van der Waals surface area contributed by atoms with Gasteiger partial charge >= 0.3 is 0 Å². The fourth-order valence-corrected chi connectivity index (χ4v) is 3.37. The molecule has 0 radical (unpaired) electrons. The number of hydrogen-bond acceptors (Lipinski definition) is 3. The van der Waals surface area contributed by atoms with Crippen molar-refractivity contribution in [2.24, 2.45) is 0 Å². The van der Waals surface area contributed by atoms with Crippen molar-refractivity contribution in [2.75, 3.05) is 0 Å². The molecule has 2 aromatic rings. The van der Waals surface area contributed by atoms with Gasteiger partial charge in [0.25, 0.3) is 0 Å². The Morgan fingerprint density at radius 2 is 2.35 bits per heavy atom. The first-order chi connectivity index (χ1) is 8.25. The van der Waals surface area contributed by atoms with Crippen LogP contribution in [0.2, 0.25) is 0 Å². The summed E-state index contributed by atoms with van der Waals surface area (Å²) < 4.78 is 15.5. The van der Waals surface area contributed by atoms with Crippen LogP contribution in [0.3, 0.4) is 0 Å². The first-order valence-corrected chi connectivity index (χ1v) is 6.22. The average Bonchev–Trinajstić information content (AvgIpc) is 2.92. The monoisotopic (exact) mass is 250 g/mol. The van der Waals surface area contributed by atoms with Gasteiger partial charge < -0.3 is 9.67 Å². The zero-order chi connectivity index (χ0) is 11.8. The molecule has 0 saturated carbocycles. The lowest BCUT2D eigenvalue weighted by Crippen LogP contribution is -2.16. The number of benzene rings is 1. The molecule has 0 saturated heterocycles. The van der Waals surface area contributed by atoms with Crippen LogP contribution in [0.25, 0.3) is 0 Å². The molecule has 2 atom stereocenters. The second-order valence-corrected chi connectivity index (χ2v) is 5.27. The van der Waals surface area contributed by atoms with Crippen molar-refractivity contribution in [3.8, 4) is 0 Å². The standard InChI is InChI=1S/C12H11FN2OS/c13-9-3-1-2-8-11(16)10(17-12(8)9)6-15-5-4-14-7-15/h1-5,7,10-11,16H,6H2/t10-,11-/m0/s1. The summed E-state index contributed by atoms with van der Waals surface area (Å²) in [5.74, 6) is -0.250. The molecule has 17 heavy (non-hydrogen) atoms. The van der Waals surface area contributed by atoms with E-state index >= 15 is 0 Å². The van der Waals surface area contributed by atoms with E-state index in [1.165, 1.54) is 17.8 Å². The Morgan fingerprint density at radius 3 is 3.06 bits per heavy atom. The van der Waals surface area contributed by atoms with Crippen molar-refractivity contribution in [2.45, 2.75) is 22.8 Å². The molecule has 0 bridgehead atoms. The van der Waals surface area contributed by atoms with Gasteiger partial charge in [0.05, 0.1) is 17.7 Å². The Morgan fingerprint density at radius 1 is 1.47 bits per heavy atom. The molecule has 0 unspecified atom stereocenters. The zero-order valence-electron chi connectivity index (χ0n) is 8.95. The Kier molecular flexibility index (Phi) is 2.64. The Balaban J connectivity index is 1.86. The number of aliphatic hydroxyl groups excluding tert-OH is 1. The van der Waals surface area contributed by atoms with Gasteiger partial charge in [-0.25, -0.2) is 9.37 Å². The summed E-state index contributed by atoms with van der Waals surface area (Å²) in [6, 6.07) is 4.85. The quantitative estimate of drug-likeness (QED) is 0.888. The van der Waals surface area contributed by atoms with Gasteiger partial charge in [0.2, 0.25) is 0 Å². The first-order valence-electron chi connectivity index (χ1n) is 5.34. The van der Waals surface area contributed by atoms with Crippen molar-refractivity contribution >= 4 is 11.8 Å². The van der Waals surface area contributed by atoms with Gasteiger partial charge in [-0.3, -0.25) is 0 Å². The van der Waals surface area contributed by atoms with E-state index in [-0.39, 0.29) is 11.1 Å². The van der Waals surface area contributed by atoms with E-state index in [2.05, 4.69) is 4.98 Å². The highest BCUT2D eigenvalue weighted by Crippen LogP contribution is 2.45. The minimum absolute atomic E-state index is 0.0592. The number of imidazole rings is 1. The lowest BCUT2D eigenvalue weighted by molar-refractivity contribution is 0.169. The van der Waals surface area contributed by atoms with Gasteiger partial charge in [0.1, 0.15) is 5.82 Å². The summed E-state index contributed by atoms with van der Waals surface area (Å²) in [6.07, 6.45) is 4.62. The van der Waals surface area contributed by atoms with Crippen LogP contribution in [-0.4, -0.2) is 19.9 Å². The third-order valence-electron chi connectivity index (χ3n) is 2.89. The summed E-state index contributed by atoms with van der Waals surface area (Å²) in [7, 11) is 0. The normalized spacial score (nSPS) is 22.7. The molecule has 1 aliphatic rings. The second-order valence-electron chi connectivity index (χ2n) is 4.02. The predicted octanol–water partition coefficient (Wildman–Crippen LogP) is 2.23. The molecule has 5 heteroatoms. The van der Waals surface area contributed by atoms with E-state index in [0.29, 0.717) is 17.0 Å². The van der Waals surface area contributed by atoms with E-state index < -0.39 is 6.10 Å². The van der Waals surface area contributed by atoms with E-state index in [0.717, 1.165) is 0 Å². The number of halogens is 1. The zero-order valence-corrected chi connectivity index (χ0v) is 9.77. The molecule has 1 aliphatic heterocycles. The maximum absolute atomic E-state index is 13.6. The van der Waals surface area contributed by atoms with Gasteiger partial charge in [-0.2, -0.15) is 0 Å². The second kappa shape index (κ2) is 4.16. The van der Waals surface area contributed by atoms with Crippen molar-refractivity contribution < 1.29 is 9.50 Å². The van der Waals surface area contributed by atoms with Crippen LogP contribution in [0.15, 0.2) is 41.8 Å². The van der Waals surface area contributed by atoms with Gasteiger partial charge in [0, 0.05) is 23.8 Å². The summed E-state index contributed by atoms with van der Waals surface area (Å²) in [6.45, 7) is 0.625. The first kappa shape index (κ1) is 10.8. The highest BCUT2D eigenvalue weighted by Gasteiger charge is 2.33. The van der Waals surface area contributed by atoms with Crippen molar-refractivity contribution in [3.05, 3.63) is 48.3 Å². The number of rotatable bonds is 2. The average molecular weight is 250 g/mol. The van der Waals surface area contributed by atoms with Gasteiger partial charge in [0.15, 0.2) is 0 Å². The van der Waals surface area contributed by atoms with Gasteiger partial charge in [-0.05, 0) is 11.6 Å². The number of fused-ring (bicyclic) bond motifs is 1. The van der Waals surface area contributed by atoms with Gasteiger partial charge in [-0.15, -0.1) is 11.8 Å². The topological polar surface area (TPSA) is 38.0 Å². The third kappa shape index (κ3) is 1.85. The number of thioether (sulfide) groups is 1. The Labute approximate surface area is 102 Å². The van der Waals surface area contributed by atoms with Crippen LogP contribution in [-0.2, 0) is 6.54 Å². The molecule has 0 aliphatic carbocycles. The molecule has 88 valence electrons. The molecular formula is C12H11FN2OS. The molecule has 3 nitrogen and oxygen atoms in total. The maximum Gasteiger partial charge on any atom is 0.137 e. The summed E-state index contributed by atoms with van der Waals surface area (Å²) >= 11 is 1.40. The summed E-state index contributed by atoms with van der Waals surface area (Å²) in [5.41, 5.74) is 0.695. The molecule has 0 spiro atoms. The highest BCUT2D eigenvalue weighted by molar-refractivity contribution is 8.00. The Bertz CT molecular complexity index is 529. The van der Waals surface area contributed by atoms with Crippen LogP contribution >= 0.6 is 11.8 Å². The SMILES string of the molecule is O[C@H]1c2cccc(F)c2S[C@H]1Cn1ccnc1. The van der Waals surface area contributed by atoms with Gasteiger partial charge in [-0.1, -0.05) is 12.1 Å². The highest BCUT2D eigenvalue weighted by atomic mass is 32.2. The maximum atomic E-state index is 13.6. The van der Waals surface area contributed by atoms with Crippen molar-refractivity contribution in [3.63, 3.8) is 0 Å². The predicted molar refractivity (Wildman–Crippen MR) is 63.2 cm³/mol. The van der Waals surface area contributed by atoms with E-state index in [1.807, 2.05) is 10.8 Å². The molecule has 1 N–H and O–H groups in total. The van der Waals surface area contributed by atoms with Crippen LogP contribution in [0.1, 0.15) is 11.7 Å². The molecule has 1 aromatic carbocycles. The number of nitrogens with zero attached hydrogens (tertiary/aromatic N) is 2. The molecule has 0 fully saturated rings. The van der Waals surface area contributed by atoms with E-state index in [1.54, 1.807) is 24.7 Å². The van der Waals surface area contributed by atoms with Crippen LogP contribution < -0.4 is 0 Å². The molecular weight excluding hydrogens is 239 g/mol. The fraction of sp³-hybridized carbons (Fsp3) is 0.250. The number of aliphatic hydroxyl groups is 1. The molecule has 2 heterocycles. The lowest BCUT2D eigenvalue weighted by Gasteiger charge is -2.14. The number of hydrogen-bond donors (Lipinski definition) is 1. The minimum Gasteiger partial charge on any atom is -0.387 e. The third-order valence-corrected chi connectivity index (χ3v) is 4.26. The largest absolute Gasteiger partial charge is 0.387 e. The lowest BCUT2D eigenvalue weighted by atomic mass is 10.1. The van der Waals surface area contributed by atoms with E-state index in [9.17, 15) is 9.50 Å². The van der Waals surface area contributed by atoms with Crippen molar-refractivity contribution in [1.29, 1.82) is 0 Å². The summed E-state index contributed by atoms with van der Waals surface area (Å²) in [5, 5.41) is 10.1. The molecule has 0 amide bonds. The minimum atomic E-state index is -0.618. The van der Waals surface area contributed by atoms with Crippen LogP contribution in [0.4, 0.5) is 4.39 Å². The van der Waals surface area contributed by atoms with E-state index in [4.69, 9.17) is 0 Å². The fourth-order valence-electron chi connectivity index (χ4n) is 2.04. The van der Waals surface area contributed by atoms with Crippen LogP contribution in [0.5, 0.6) is 0 Å². The van der Waals surface area contributed by atoms with Crippen molar-refractivity contribution in [1.82, 2.24) is 9.55 Å². The summed E-state index contributed by atoms with van der Waals surface area (Å²) in [4.78, 5) is 4.53. The molecule has 3 rings (SSSR count). The smallest absolute Gasteiger partial charge is 0.137 e. The number of aromatic nitrogens is 2. The Hall–Kier alpha value is -1.33.